The fourth-order valence-electron chi connectivity index (χ4n) is 1.27. The largest absolute Gasteiger partial charge is 0.479 e. The van der Waals surface area contributed by atoms with E-state index >= 15 is 0 Å². The van der Waals surface area contributed by atoms with Crippen LogP contribution in [0.5, 0.6) is 0 Å². The van der Waals surface area contributed by atoms with E-state index in [2.05, 4.69) is 15.9 Å². The number of non-ortho nitro benzene ring substituents is 1. The molecule has 1 atom stereocenters. The van der Waals surface area contributed by atoms with Crippen LogP contribution in [0.15, 0.2) is 16.6 Å². The first-order valence-corrected chi connectivity index (χ1v) is 5.31. The monoisotopic (exact) mass is 343 g/mol. The molecule has 0 heterocycles. The zero-order valence-corrected chi connectivity index (χ0v) is 10.4. The fraction of sp³-hybridized carbons (Fsp3) is 0.222. The number of halogens is 4. The van der Waals surface area contributed by atoms with E-state index in [9.17, 15) is 33.2 Å². The lowest BCUT2D eigenvalue weighted by Crippen LogP contribution is -2.15. The summed E-state index contributed by atoms with van der Waals surface area (Å²) >= 11 is 2.50. The van der Waals surface area contributed by atoms with Crippen molar-refractivity contribution in [2.75, 3.05) is 0 Å². The highest BCUT2D eigenvalue weighted by Gasteiger charge is 2.37. The zero-order chi connectivity index (χ0) is 15.0. The Morgan fingerprint density at radius 3 is 2.32 bits per heavy atom. The zero-order valence-electron chi connectivity index (χ0n) is 8.81. The quantitative estimate of drug-likeness (QED) is 0.648. The van der Waals surface area contributed by atoms with Crippen LogP contribution in [-0.2, 0) is 11.0 Å². The van der Waals surface area contributed by atoms with Crippen molar-refractivity contribution in [2.24, 2.45) is 0 Å². The third-order valence-corrected chi connectivity index (χ3v) is 3.02. The fourth-order valence-corrected chi connectivity index (χ4v) is 1.95. The second-order valence-corrected chi connectivity index (χ2v) is 4.19. The molecule has 0 aliphatic heterocycles. The average molecular weight is 344 g/mol. The van der Waals surface area contributed by atoms with Crippen LogP contribution in [0.4, 0.5) is 18.9 Å². The van der Waals surface area contributed by atoms with Gasteiger partial charge in [0, 0.05) is 22.2 Å². The van der Waals surface area contributed by atoms with Crippen LogP contribution in [0.1, 0.15) is 17.2 Å². The Morgan fingerprint density at radius 1 is 1.42 bits per heavy atom. The van der Waals surface area contributed by atoms with Gasteiger partial charge >= 0.3 is 12.1 Å². The Labute approximate surface area is 111 Å². The molecule has 6 nitrogen and oxygen atoms in total. The van der Waals surface area contributed by atoms with E-state index in [0.717, 1.165) is 0 Å². The summed E-state index contributed by atoms with van der Waals surface area (Å²) in [6.45, 7) is 0. The number of nitro benzene ring substituents is 1. The van der Waals surface area contributed by atoms with Gasteiger partial charge in [0.2, 0.25) is 0 Å². The lowest BCUT2D eigenvalue weighted by Gasteiger charge is -2.14. The van der Waals surface area contributed by atoms with Crippen molar-refractivity contribution in [3.63, 3.8) is 0 Å². The minimum atomic E-state index is -4.93. The summed E-state index contributed by atoms with van der Waals surface area (Å²) in [5.41, 5.74) is -3.14. The first-order chi connectivity index (χ1) is 8.55. The SMILES string of the molecule is O=C(O)C(O)c1cc([N+](=O)[O-])cc(C(F)(F)F)c1Br. The highest BCUT2D eigenvalue weighted by molar-refractivity contribution is 9.10. The molecule has 1 aromatic rings. The van der Waals surface area contributed by atoms with E-state index in [1.54, 1.807) is 0 Å². The molecule has 0 amide bonds. The molecule has 10 heteroatoms. The van der Waals surface area contributed by atoms with Crippen LogP contribution in [-0.4, -0.2) is 21.1 Å². The van der Waals surface area contributed by atoms with Crippen molar-refractivity contribution >= 4 is 27.6 Å². The molecule has 0 radical (unpaired) electrons. The summed E-state index contributed by atoms with van der Waals surface area (Å²) in [7, 11) is 0. The van der Waals surface area contributed by atoms with Gasteiger partial charge in [0.15, 0.2) is 6.10 Å². The maximum absolute atomic E-state index is 12.7. The number of carboxylic acids is 1. The number of aliphatic hydroxyl groups is 1. The van der Waals surface area contributed by atoms with Crippen molar-refractivity contribution in [2.45, 2.75) is 12.3 Å². The summed E-state index contributed by atoms with van der Waals surface area (Å²) in [6, 6.07) is 0.820. The molecule has 1 rings (SSSR count). The van der Waals surface area contributed by atoms with Crippen LogP contribution in [0, 0.1) is 10.1 Å². The van der Waals surface area contributed by atoms with Gasteiger partial charge in [-0.3, -0.25) is 10.1 Å². The number of rotatable bonds is 3. The topological polar surface area (TPSA) is 101 Å². The molecule has 0 bridgehead atoms. The molecule has 2 N–H and O–H groups in total. The normalized spacial score (nSPS) is 13.1. The van der Waals surface area contributed by atoms with Gasteiger partial charge in [-0.25, -0.2) is 4.79 Å². The third-order valence-electron chi connectivity index (χ3n) is 2.13. The summed E-state index contributed by atoms with van der Waals surface area (Å²) < 4.78 is 37.2. The molecule has 0 aromatic heterocycles. The number of carboxylic acid groups (broad SMARTS) is 1. The van der Waals surface area contributed by atoms with E-state index in [1.165, 1.54) is 0 Å². The van der Waals surface area contributed by atoms with E-state index in [-0.39, 0.29) is 6.07 Å². The van der Waals surface area contributed by atoms with Crippen LogP contribution < -0.4 is 0 Å². The van der Waals surface area contributed by atoms with Gasteiger partial charge in [-0.05, 0) is 15.9 Å². The van der Waals surface area contributed by atoms with Crippen LogP contribution in [0.25, 0.3) is 0 Å². The maximum Gasteiger partial charge on any atom is 0.417 e. The molecular weight excluding hydrogens is 339 g/mol. The minimum Gasteiger partial charge on any atom is -0.479 e. The lowest BCUT2D eigenvalue weighted by molar-refractivity contribution is -0.385. The number of aliphatic hydroxyl groups excluding tert-OH is 1. The number of hydrogen-bond acceptors (Lipinski definition) is 4. The van der Waals surface area contributed by atoms with E-state index in [1.807, 2.05) is 0 Å². The van der Waals surface area contributed by atoms with Crippen LogP contribution >= 0.6 is 15.9 Å². The molecule has 1 unspecified atom stereocenters. The van der Waals surface area contributed by atoms with Gasteiger partial charge in [0.1, 0.15) is 0 Å². The molecule has 0 aliphatic rings. The van der Waals surface area contributed by atoms with E-state index in [0.29, 0.717) is 6.07 Å². The third kappa shape index (κ3) is 3.20. The number of benzene rings is 1. The van der Waals surface area contributed by atoms with Gasteiger partial charge in [-0.2, -0.15) is 13.2 Å². The highest BCUT2D eigenvalue weighted by Crippen LogP contribution is 2.40. The summed E-state index contributed by atoms with van der Waals surface area (Å²) in [4.78, 5) is 20.0. The maximum atomic E-state index is 12.7. The van der Waals surface area contributed by atoms with Crippen LogP contribution in [0.3, 0.4) is 0 Å². The smallest absolute Gasteiger partial charge is 0.417 e. The second-order valence-electron chi connectivity index (χ2n) is 3.39. The standard InChI is InChI=1S/C9H5BrF3NO5/c10-6-4(7(15)8(16)17)1-3(14(18)19)2-5(6)9(11,12)13/h1-2,7,15H,(H,16,17). The molecule has 19 heavy (non-hydrogen) atoms. The molecule has 104 valence electrons. The predicted octanol–water partition coefficient (Wildman–Crippen LogP) is 2.49. The van der Waals surface area contributed by atoms with Crippen LogP contribution in [0.2, 0.25) is 0 Å². The molecule has 0 saturated heterocycles. The Hall–Kier alpha value is -1.68. The molecule has 1 aromatic carbocycles. The van der Waals surface area contributed by atoms with Gasteiger partial charge in [-0.15, -0.1) is 0 Å². The highest BCUT2D eigenvalue weighted by atomic mass is 79.9. The number of aliphatic carboxylic acids is 1. The first kappa shape index (κ1) is 15.4. The number of nitro groups is 1. The van der Waals surface area contributed by atoms with Crippen molar-refractivity contribution in [1.82, 2.24) is 0 Å². The van der Waals surface area contributed by atoms with Crippen molar-refractivity contribution < 1.29 is 33.1 Å². The van der Waals surface area contributed by atoms with Crippen molar-refractivity contribution in [3.05, 3.63) is 37.8 Å². The van der Waals surface area contributed by atoms with Gasteiger partial charge < -0.3 is 10.2 Å². The lowest BCUT2D eigenvalue weighted by atomic mass is 10.0. The number of alkyl halides is 3. The molecule has 0 fully saturated rings. The second kappa shape index (κ2) is 5.13. The summed E-state index contributed by atoms with van der Waals surface area (Å²) in [5, 5.41) is 28.3. The summed E-state index contributed by atoms with van der Waals surface area (Å²) in [5.74, 6) is -1.82. The molecular formula is C9H5BrF3NO5. The Morgan fingerprint density at radius 2 is 1.95 bits per heavy atom. The number of carbonyl (C=O) groups is 1. The van der Waals surface area contributed by atoms with E-state index < -0.39 is 44.5 Å². The predicted molar refractivity (Wildman–Crippen MR) is 58.4 cm³/mol. The molecule has 0 aliphatic carbocycles. The molecule has 0 saturated carbocycles. The van der Waals surface area contributed by atoms with E-state index in [4.69, 9.17) is 5.11 Å². The minimum absolute atomic E-state index is 0.252. The van der Waals surface area contributed by atoms with Crippen molar-refractivity contribution in [1.29, 1.82) is 0 Å². The number of nitrogens with zero attached hydrogens (tertiary/aromatic N) is 1. The number of hydrogen-bond donors (Lipinski definition) is 2. The van der Waals surface area contributed by atoms with Crippen molar-refractivity contribution in [3.8, 4) is 0 Å². The van der Waals surface area contributed by atoms with Gasteiger partial charge in [0.05, 0.1) is 10.5 Å². The Kier molecular flexibility index (Phi) is 4.15. The molecule has 0 spiro atoms. The average Bonchev–Trinajstić information content (AvgIpc) is 2.26. The summed E-state index contributed by atoms with van der Waals surface area (Å²) in [6.07, 6.45) is -7.24. The van der Waals surface area contributed by atoms with Gasteiger partial charge in [-0.1, -0.05) is 0 Å². The Bertz CT molecular complexity index is 545. The first-order valence-electron chi connectivity index (χ1n) is 4.51. The van der Waals surface area contributed by atoms with Gasteiger partial charge in [0.25, 0.3) is 5.69 Å². The Balaban J connectivity index is 3.59.